The summed E-state index contributed by atoms with van der Waals surface area (Å²) in [6.07, 6.45) is 2.81. The van der Waals surface area contributed by atoms with Crippen LogP contribution in [0.2, 0.25) is 0 Å². The van der Waals surface area contributed by atoms with Crippen molar-refractivity contribution in [1.82, 2.24) is 4.31 Å². The highest BCUT2D eigenvalue weighted by molar-refractivity contribution is 7.89. The van der Waals surface area contributed by atoms with Crippen LogP contribution in [0.1, 0.15) is 36.4 Å². The highest BCUT2D eigenvalue weighted by atomic mass is 32.2. The lowest BCUT2D eigenvalue weighted by molar-refractivity contribution is -0.117. The highest BCUT2D eigenvalue weighted by Crippen LogP contribution is 2.23. The van der Waals surface area contributed by atoms with Gasteiger partial charge in [-0.15, -0.1) is 0 Å². The Morgan fingerprint density at radius 2 is 1.74 bits per heavy atom. The summed E-state index contributed by atoms with van der Waals surface area (Å²) in [5, 5.41) is 2.72. The number of carbonyl (C=O) groups excluding carboxylic acids is 1. The Hall–Kier alpha value is -2.22. The maximum absolute atomic E-state index is 12.8. The van der Waals surface area contributed by atoms with Gasteiger partial charge in [0, 0.05) is 18.8 Å². The van der Waals surface area contributed by atoms with Crippen molar-refractivity contribution in [1.29, 1.82) is 0 Å². The first-order valence-electron chi connectivity index (χ1n) is 9.11. The Morgan fingerprint density at radius 3 is 2.41 bits per heavy atom. The summed E-state index contributed by atoms with van der Waals surface area (Å²) in [7, 11) is -3.55. The molecule has 0 spiro atoms. The first kappa shape index (κ1) is 19.5. The largest absolute Gasteiger partial charge is 0.324 e. The number of nitrogens with one attached hydrogen (secondary N) is 1. The molecule has 7 heteroatoms. The fourth-order valence-electron chi connectivity index (χ4n) is 3.13. The number of anilines is 1. The Morgan fingerprint density at radius 1 is 1.07 bits per heavy atom. The molecule has 0 saturated carbocycles. The Labute approximate surface area is 160 Å². The van der Waals surface area contributed by atoms with E-state index in [-0.39, 0.29) is 10.8 Å². The Balaban J connectivity index is 1.75. The van der Waals surface area contributed by atoms with Crippen LogP contribution in [-0.4, -0.2) is 31.7 Å². The van der Waals surface area contributed by atoms with Gasteiger partial charge in [0.05, 0.1) is 4.90 Å². The van der Waals surface area contributed by atoms with E-state index in [1.165, 1.54) is 10.4 Å². The van der Waals surface area contributed by atoms with E-state index in [2.05, 4.69) is 5.32 Å². The molecule has 0 bridgehead atoms. The normalized spacial score (nSPS) is 16.7. The van der Waals surface area contributed by atoms with E-state index >= 15 is 0 Å². The summed E-state index contributed by atoms with van der Waals surface area (Å²) in [4.78, 5) is 12.7. The lowest BCUT2D eigenvalue weighted by Crippen LogP contribution is -2.35. The summed E-state index contributed by atoms with van der Waals surface area (Å²) in [6.45, 7) is 3.04. The first-order valence-corrected chi connectivity index (χ1v) is 10.6. The van der Waals surface area contributed by atoms with Gasteiger partial charge in [0.25, 0.3) is 0 Å². The molecule has 0 aliphatic carbocycles. The minimum absolute atomic E-state index is 0.186. The lowest BCUT2D eigenvalue weighted by atomic mass is 10.1. The third-order valence-corrected chi connectivity index (χ3v) is 6.67. The number of rotatable bonds is 5. The van der Waals surface area contributed by atoms with Crippen LogP contribution >= 0.6 is 0 Å². The number of piperidine rings is 1. The molecule has 2 aromatic rings. The lowest BCUT2D eigenvalue weighted by Gasteiger charge is -2.26. The molecule has 1 saturated heterocycles. The monoisotopic (exact) mass is 387 g/mol. The minimum Gasteiger partial charge on any atom is -0.324 e. The van der Waals surface area contributed by atoms with Gasteiger partial charge in [0.1, 0.15) is 6.04 Å². The predicted octanol–water partition coefficient (Wildman–Crippen LogP) is 2.81. The Kier molecular flexibility index (Phi) is 5.94. The van der Waals surface area contributed by atoms with Crippen molar-refractivity contribution in [3.05, 3.63) is 59.7 Å². The Bertz CT molecular complexity index is 904. The second-order valence-corrected chi connectivity index (χ2v) is 8.81. The number of hydrogen-bond acceptors (Lipinski definition) is 4. The van der Waals surface area contributed by atoms with Crippen molar-refractivity contribution < 1.29 is 13.2 Å². The topological polar surface area (TPSA) is 92.5 Å². The van der Waals surface area contributed by atoms with E-state index < -0.39 is 16.1 Å². The second-order valence-electron chi connectivity index (χ2n) is 6.87. The molecule has 1 amide bonds. The van der Waals surface area contributed by atoms with Crippen molar-refractivity contribution in [2.24, 2.45) is 5.73 Å². The van der Waals surface area contributed by atoms with Crippen molar-refractivity contribution in [3.8, 4) is 0 Å². The van der Waals surface area contributed by atoms with Crippen molar-refractivity contribution in [2.75, 3.05) is 18.4 Å². The smallest absolute Gasteiger partial charge is 0.245 e. The zero-order valence-electron chi connectivity index (χ0n) is 15.4. The fourth-order valence-corrected chi connectivity index (χ4v) is 4.70. The number of hydrogen-bond donors (Lipinski definition) is 2. The van der Waals surface area contributed by atoms with Gasteiger partial charge in [-0.25, -0.2) is 8.42 Å². The van der Waals surface area contributed by atoms with Crippen LogP contribution in [0.3, 0.4) is 0 Å². The number of carbonyl (C=O) groups is 1. The van der Waals surface area contributed by atoms with E-state index in [1.54, 1.807) is 18.2 Å². The van der Waals surface area contributed by atoms with Crippen LogP contribution in [0.25, 0.3) is 0 Å². The van der Waals surface area contributed by atoms with Gasteiger partial charge in [0.15, 0.2) is 0 Å². The summed E-state index contributed by atoms with van der Waals surface area (Å²) < 4.78 is 27.1. The zero-order valence-corrected chi connectivity index (χ0v) is 16.2. The molecular weight excluding hydrogens is 362 g/mol. The van der Waals surface area contributed by atoms with Crippen molar-refractivity contribution in [2.45, 2.75) is 37.1 Å². The highest BCUT2D eigenvalue weighted by Gasteiger charge is 2.26. The van der Waals surface area contributed by atoms with Crippen LogP contribution in [-0.2, 0) is 14.8 Å². The predicted molar refractivity (Wildman–Crippen MR) is 106 cm³/mol. The van der Waals surface area contributed by atoms with E-state index in [1.807, 2.05) is 31.2 Å². The van der Waals surface area contributed by atoms with Crippen LogP contribution < -0.4 is 11.1 Å². The molecule has 0 aromatic heterocycles. The van der Waals surface area contributed by atoms with E-state index in [4.69, 9.17) is 5.73 Å². The van der Waals surface area contributed by atoms with Crippen LogP contribution in [0.4, 0.5) is 5.69 Å². The van der Waals surface area contributed by atoms with E-state index in [0.717, 1.165) is 24.8 Å². The van der Waals surface area contributed by atoms with Crippen LogP contribution in [0, 0.1) is 6.92 Å². The minimum atomic E-state index is -3.55. The summed E-state index contributed by atoms with van der Waals surface area (Å²) in [6, 6.07) is 12.9. The number of nitrogens with zero attached hydrogens (tertiary/aromatic N) is 1. The van der Waals surface area contributed by atoms with Crippen LogP contribution in [0.15, 0.2) is 53.4 Å². The average Bonchev–Trinajstić information content (AvgIpc) is 2.69. The van der Waals surface area contributed by atoms with Gasteiger partial charge < -0.3 is 11.1 Å². The second kappa shape index (κ2) is 8.21. The summed E-state index contributed by atoms with van der Waals surface area (Å²) >= 11 is 0. The quantitative estimate of drug-likeness (QED) is 0.825. The van der Waals surface area contributed by atoms with Gasteiger partial charge in [-0.05, 0) is 43.5 Å². The SMILES string of the molecule is Cc1ccc(C(N)C(=O)Nc2cccc(S(=O)(=O)N3CCCCC3)c2)cc1. The van der Waals surface area contributed by atoms with Gasteiger partial charge in [0.2, 0.25) is 15.9 Å². The summed E-state index contributed by atoms with van der Waals surface area (Å²) in [5.41, 5.74) is 8.24. The molecule has 1 atom stereocenters. The number of amides is 1. The van der Waals surface area contributed by atoms with Crippen molar-refractivity contribution >= 4 is 21.6 Å². The number of sulfonamides is 1. The molecule has 1 heterocycles. The third-order valence-electron chi connectivity index (χ3n) is 4.77. The molecule has 6 nitrogen and oxygen atoms in total. The molecule has 1 unspecified atom stereocenters. The first-order chi connectivity index (χ1) is 12.9. The maximum Gasteiger partial charge on any atom is 0.245 e. The third kappa shape index (κ3) is 4.55. The molecule has 3 rings (SSSR count). The number of aryl methyl sites for hydroxylation is 1. The standard InChI is InChI=1S/C20H25N3O3S/c1-15-8-10-16(11-9-15)19(21)20(24)22-17-6-5-7-18(14-17)27(25,26)23-12-3-2-4-13-23/h5-11,14,19H,2-4,12-13,21H2,1H3,(H,22,24). The van der Waals surface area contributed by atoms with Crippen molar-refractivity contribution in [3.63, 3.8) is 0 Å². The number of nitrogens with two attached hydrogens (primary N) is 1. The maximum atomic E-state index is 12.8. The molecule has 2 aromatic carbocycles. The van der Waals surface area contributed by atoms with Gasteiger partial charge in [-0.1, -0.05) is 42.3 Å². The molecule has 144 valence electrons. The van der Waals surface area contributed by atoms with Gasteiger partial charge in [-0.2, -0.15) is 4.31 Å². The van der Waals surface area contributed by atoms with Crippen LogP contribution in [0.5, 0.6) is 0 Å². The molecule has 1 aliphatic rings. The van der Waals surface area contributed by atoms with Gasteiger partial charge in [-0.3, -0.25) is 4.79 Å². The molecule has 1 fully saturated rings. The van der Waals surface area contributed by atoms with Gasteiger partial charge >= 0.3 is 0 Å². The molecule has 3 N–H and O–H groups in total. The molecule has 1 aliphatic heterocycles. The zero-order chi connectivity index (χ0) is 19.4. The molecule has 27 heavy (non-hydrogen) atoms. The molecule has 0 radical (unpaired) electrons. The number of benzene rings is 2. The average molecular weight is 388 g/mol. The fraction of sp³-hybridized carbons (Fsp3) is 0.350. The van der Waals surface area contributed by atoms with E-state index in [9.17, 15) is 13.2 Å². The van der Waals surface area contributed by atoms with E-state index in [0.29, 0.717) is 24.3 Å². The summed E-state index contributed by atoms with van der Waals surface area (Å²) in [5.74, 6) is -0.383. The molecular formula is C20H25N3O3S.